The average molecular weight is 418 g/mol. The summed E-state index contributed by atoms with van der Waals surface area (Å²) in [7, 11) is 13.2. The molecule has 1 aliphatic rings. The quantitative estimate of drug-likeness (QED) is 0.520. The van der Waals surface area contributed by atoms with E-state index in [4.69, 9.17) is 28.5 Å². The molecule has 0 saturated carbocycles. The summed E-state index contributed by atoms with van der Waals surface area (Å²) in [4.78, 5) is 12.6. The summed E-state index contributed by atoms with van der Waals surface area (Å²) in [5, 5.41) is 0. The summed E-state index contributed by atoms with van der Waals surface area (Å²) in [5.41, 5.74) is 0.731. The van der Waals surface area contributed by atoms with Gasteiger partial charge in [-0.15, -0.1) is 0 Å². The first kappa shape index (κ1) is 18.8. The molecule has 2 rings (SSSR count). The molecule has 0 spiro atoms. The number of rotatable bonds is 3. The van der Waals surface area contributed by atoms with Gasteiger partial charge in [0.1, 0.15) is 0 Å². The number of halogens is 2. The van der Waals surface area contributed by atoms with Crippen LogP contribution in [-0.2, 0) is 13.3 Å². The van der Waals surface area contributed by atoms with E-state index in [0.29, 0.717) is 6.61 Å². The molecule has 1 aromatic carbocycles. The van der Waals surface area contributed by atoms with Gasteiger partial charge in [-0.1, -0.05) is 0 Å². The molecule has 1 saturated heterocycles. The van der Waals surface area contributed by atoms with E-state index >= 15 is 0 Å². The van der Waals surface area contributed by atoms with Gasteiger partial charge in [0.25, 0.3) is 0 Å². The van der Waals surface area contributed by atoms with Crippen molar-refractivity contribution in [2.24, 2.45) is 11.3 Å². The fourth-order valence-electron chi connectivity index (χ4n) is 2.67. The number of esters is 1. The average Bonchev–Trinajstić information content (AvgIpc) is 2.70. The van der Waals surface area contributed by atoms with E-state index in [0.717, 1.165) is 9.97 Å². The predicted octanol–water partition coefficient (Wildman–Crippen LogP) is 4.87. The maximum atomic E-state index is 12.6. The Labute approximate surface area is 149 Å². The zero-order valence-corrected chi connectivity index (χ0v) is 17.4. The van der Waals surface area contributed by atoms with Crippen LogP contribution in [0.5, 0.6) is 0 Å². The van der Waals surface area contributed by atoms with Gasteiger partial charge >= 0.3 is 149 Å². The van der Waals surface area contributed by atoms with Crippen molar-refractivity contribution in [1.82, 2.24) is 0 Å². The third-order valence-corrected chi connectivity index (χ3v) is 10.2. The second kappa shape index (κ2) is 7.18. The van der Waals surface area contributed by atoms with Crippen LogP contribution in [-0.4, -0.2) is 24.3 Å². The molecule has 0 unspecified atom stereocenters. The molecule has 6 heteroatoms. The molecule has 3 nitrogen and oxygen atoms in total. The van der Waals surface area contributed by atoms with Crippen LogP contribution >= 0.6 is 20.0 Å². The van der Waals surface area contributed by atoms with E-state index in [2.05, 4.69) is 0 Å². The van der Waals surface area contributed by atoms with Crippen molar-refractivity contribution in [3.05, 3.63) is 46.4 Å². The molecular formula is C17H22Cl2GeO3. The van der Waals surface area contributed by atoms with Crippen molar-refractivity contribution in [3.8, 4) is 0 Å². The van der Waals surface area contributed by atoms with Gasteiger partial charge in [0, 0.05) is 0 Å². The van der Waals surface area contributed by atoms with Crippen LogP contribution in [0.2, 0.25) is 0 Å². The molecule has 0 aliphatic carbocycles. The Balaban J connectivity index is 2.52. The molecule has 0 aromatic heterocycles. The predicted molar refractivity (Wildman–Crippen MR) is 95.4 cm³/mol. The molecule has 1 fully saturated rings. The number of hydrogen-bond donors (Lipinski definition) is 0. The monoisotopic (exact) mass is 418 g/mol. The summed E-state index contributed by atoms with van der Waals surface area (Å²) in [6.07, 6.45) is 1.50. The van der Waals surface area contributed by atoms with E-state index in [-0.39, 0.29) is 11.4 Å². The molecule has 1 aliphatic heterocycles. The number of ether oxygens (including phenoxy) is 1. The van der Waals surface area contributed by atoms with Gasteiger partial charge in [0.15, 0.2) is 0 Å². The third-order valence-electron chi connectivity index (χ3n) is 3.51. The van der Waals surface area contributed by atoms with Crippen molar-refractivity contribution in [2.75, 3.05) is 6.61 Å². The summed E-state index contributed by atoms with van der Waals surface area (Å²) in [5.74, 6) is -0.905. The minimum atomic E-state index is -3.74. The van der Waals surface area contributed by atoms with Gasteiger partial charge in [-0.3, -0.25) is 0 Å². The molecule has 2 atom stereocenters. The molecule has 0 amide bonds. The second-order valence-electron chi connectivity index (χ2n) is 6.66. The standard InChI is InChI=1S/C17H22Cl2GeO3/c1-5-22-16(21)14-13(11-17(2,3)4)20(18,19)23-15(14)12-9-7-6-8-10-12/h6-11,14-15H,5H2,1-4H3/b13-11+/t14-,15-/m1/s1. The maximum absolute atomic E-state index is 12.6. The van der Waals surface area contributed by atoms with Crippen LogP contribution in [0.15, 0.2) is 40.8 Å². The Bertz CT molecular complexity index is 594. The number of benzene rings is 1. The Morgan fingerprint density at radius 1 is 1.30 bits per heavy atom. The van der Waals surface area contributed by atoms with Gasteiger partial charge in [-0.25, -0.2) is 0 Å². The van der Waals surface area contributed by atoms with E-state index < -0.39 is 23.8 Å². The van der Waals surface area contributed by atoms with Crippen LogP contribution < -0.4 is 0 Å². The minimum absolute atomic E-state index is 0.157. The Morgan fingerprint density at radius 2 is 1.91 bits per heavy atom. The van der Waals surface area contributed by atoms with Gasteiger partial charge < -0.3 is 0 Å². The molecule has 126 valence electrons. The van der Waals surface area contributed by atoms with Crippen LogP contribution in [0.1, 0.15) is 39.4 Å². The molecular weight excluding hydrogens is 396 g/mol. The third kappa shape index (κ3) is 4.53. The molecule has 0 bridgehead atoms. The first-order valence-electron chi connectivity index (χ1n) is 7.66. The summed E-state index contributed by atoms with van der Waals surface area (Å²) < 4.78 is 12.0. The van der Waals surface area contributed by atoms with Crippen molar-refractivity contribution in [3.63, 3.8) is 0 Å². The van der Waals surface area contributed by atoms with Crippen LogP contribution in [0.4, 0.5) is 0 Å². The van der Waals surface area contributed by atoms with Crippen LogP contribution in [0, 0.1) is 11.3 Å². The van der Waals surface area contributed by atoms with E-state index in [1.54, 1.807) is 6.92 Å². The van der Waals surface area contributed by atoms with Crippen molar-refractivity contribution >= 4 is 37.7 Å². The fraction of sp³-hybridized carbons (Fsp3) is 0.471. The molecule has 1 heterocycles. The van der Waals surface area contributed by atoms with Crippen LogP contribution in [0.25, 0.3) is 0 Å². The topological polar surface area (TPSA) is 35.5 Å². The second-order valence-corrected chi connectivity index (χ2v) is 17.1. The van der Waals surface area contributed by atoms with Gasteiger partial charge in [0.05, 0.1) is 0 Å². The first-order valence-corrected chi connectivity index (χ1v) is 15.1. The fourth-order valence-corrected chi connectivity index (χ4v) is 9.56. The van der Waals surface area contributed by atoms with Crippen LogP contribution in [0.3, 0.4) is 0 Å². The van der Waals surface area contributed by atoms with E-state index in [9.17, 15) is 4.79 Å². The number of allylic oxidation sites excluding steroid dienone is 1. The summed E-state index contributed by atoms with van der Waals surface area (Å²) in [6, 6.07) is 9.57. The molecule has 1 aromatic rings. The number of hydrogen-bond acceptors (Lipinski definition) is 3. The zero-order valence-electron chi connectivity index (χ0n) is 13.8. The van der Waals surface area contributed by atoms with E-state index in [1.807, 2.05) is 57.2 Å². The van der Waals surface area contributed by atoms with Crippen molar-refractivity contribution in [2.45, 2.75) is 33.8 Å². The van der Waals surface area contributed by atoms with Crippen molar-refractivity contribution in [1.29, 1.82) is 0 Å². The first-order chi connectivity index (χ1) is 10.7. The van der Waals surface area contributed by atoms with Crippen molar-refractivity contribution < 1.29 is 13.3 Å². The Hall–Kier alpha value is -0.487. The van der Waals surface area contributed by atoms with Gasteiger partial charge in [0.2, 0.25) is 0 Å². The molecule has 0 N–H and O–H groups in total. The summed E-state index contributed by atoms with van der Waals surface area (Å²) >= 11 is -3.74. The molecule has 0 radical (unpaired) electrons. The number of carbonyl (C=O) groups is 1. The number of carbonyl (C=O) groups excluding carboxylic acids is 1. The zero-order chi connectivity index (χ0) is 17.3. The summed E-state index contributed by atoms with van der Waals surface area (Å²) in [6.45, 7) is 8.23. The van der Waals surface area contributed by atoms with Gasteiger partial charge in [-0.05, 0) is 0 Å². The molecule has 23 heavy (non-hydrogen) atoms. The Morgan fingerprint density at radius 3 is 2.43 bits per heavy atom. The SMILES string of the molecule is CCOC(=O)[C@@H]1/[C](=C\C(C)(C)C)[Ge]([Cl])([Cl])[O][C@@H]1c1ccccc1. The van der Waals surface area contributed by atoms with E-state index in [1.165, 1.54) is 0 Å². The Kier molecular flexibility index (Phi) is 5.88. The van der Waals surface area contributed by atoms with Gasteiger partial charge in [-0.2, -0.15) is 0 Å². The normalized spacial score (nSPS) is 25.6.